The number of carbonyl (C=O) groups is 1. The van der Waals surface area contributed by atoms with E-state index in [2.05, 4.69) is 15.4 Å². The Hall–Kier alpha value is -3.38. The number of rotatable bonds is 5. The third-order valence-electron chi connectivity index (χ3n) is 5.18. The topological polar surface area (TPSA) is 69.0 Å². The fourth-order valence-corrected chi connectivity index (χ4v) is 3.67. The van der Waals surface area contributed by atoms with Crippen molar-refractivity contribution >= 4 is 34.2 Å². The molecule has 0 saturated heterocycles. The van der Waals surface area contributed by atoms with Crippen LogP contribution in [-0.4, -0.2) is 26.8 Å². The van der Waals surface area contributed by atoms with Crippen LogP contribution in [-0.2, 0) is 4.79 Å². The SMILES string of the molecule is Cc1c(Cl)cccc1NC(=O)C(C)Oc1cc(C)c2c(C)nn(-c3ccccc3)c2n1. The monoisotopic (exact) mass is 434 g/mol. The van der Waals surface area contributed by atoms with Crippen molar-refractivity contribution in [3.63, 3.8) is 0 Å². The van der Waals surface area contributed by atoms with Crippen LogP contribution in [0.15, 0.2) is 54.6 Å². The molecule has 158 valence electrons. The van der Waals surface area contributed by atoms with Gasteiger partial charge < -0.3 is 10.1 Å². The molecular formula is C24H23ClN4O2. The predicted molar refractivity (Wildman–Crippen MR) is 123 cm³/mol. The number of aryl methyl sites for hydroxylation is 2. The summed E-state index contributed by atoms with van der Waals surface area (Å²) in [5.41, 5.74) is 4.94. The molecule has 31 heavy (non-hydrogen) atoms. The highest BCUT2D eigenvalue weighted by Gasteiger charge is 2.20. The Labute approximate surface area is 185 Å². The maximum Gasteiger partial charge on any atom is 0.265 e. The molecule has 4 aromatic rings. The Kier molecular flexibility index (Phi) is 5.65. The molecule has 4 rings (SSSR count). The van der Waals surface area contributed by atoms with Crippen molar-refractivity contribution in [3.8, 4) is 11.6 Å². The van der Waals surface area contributed by atoms with E-state index in [1.54, 1.807) is 23.7 Å². The van der Waals surface area contributed by atoms with Gasteiger partial charge in [-0.1, -0.05) is 35.9 Å². The quantitative estimate of drug-likeness (QED) is 0.456. The standard InChI is InChI=1S/C24H23ClN4O2/c1-14-13-21(31-17(4)24(30)26-20-12-8-11-19(25)15(20)2)27-23-22(14)16(3)28-29(23)18-9-6-5-7-10-18/h5-13,17H,1-4H3,(H,26,30). The number of para-hydroxylation sites is 1. The van der Waals surface area contributed by atoms with Crippen LogP contribution in [0, 0.1) is 20.8 Å². The molecule has 0 saturated carbocycles. The Bertz CT molecular complexity index is 1270. The summed E-state index contributed by atoms with van der Waals surface area (Å²) in [7, 11) is 0. The summed E-state index contributed by atoms with van der Waals surface area (Å²) < 4.78 is 7.71. The van der Waals surface area contributed by atoms with Crippen molar-refractivity contribution < 1.29 is 9.53 Å². The summed E-state index contributed by atoms with van der Waals surface area (Å²) >= 11 is 6.15. The average molecular weight is 435 g/mol. The van der Waals surface area contributed by atoms with Gasteiger partial charge in [-0.25, -0.2) is 4.68 Å². The second kappa shape index (κ2) is 8.40. The van der Waals surface area contributed by atoms with E-state index in [9.17, 15) is 4.79 Å². The Balaban J connectivity index is 1.62. The number of fused-ring (bicyclic) bond motifs is 1. The Morgan fingerprint density at radius 1 is 1.10 bits per heavy atom. The number of nitrogens with one attached hydrogen (secondary N) is 1. The first-order valence-electron chi connectivity index (χ1n) is 10.00. The van der Waals surface area contributed by atoms with E-state index in [0.29, 0.717) is 22.2 Å². The van der Waals surface area contributed by atoms with Crippen molar-refractivity contribution in [1.82, 2.24) is 14.8 Å². The number of aromatic nitrogens is 3. The van der Waals surface area contributed by atoms with E-state index in [1.807, 2.05) is 63.2 Å². The van der Waals surface area contributed by atoms with E-state index in [1.165, 1.54) is 0 Å². The van der Waals surface area contributed by atoms with Crippen molar-refractivity contribution in [1.29, 1.82) is 0 Å². The lowest BCUT2D eigenvalue weighted by atomic mass is 10.1. The van der Waals surface area contributed by atoms with E-state index >= 15 is 0 Å². The largest absolute Gasteiger partial charge is 0.464 e. The minimum atomic E-state index is -0.753. The molecule has 1 atom stereocenters. The van der Waals surface area contributed by atoms with Gasteiger partial charge in [-0.3, -0.25) is 4.79 Å². The molecule has 6 nitrogen and oxygen atoms in total. The molecule has 0 spiro atoms. The van der Waals surface area contributed by atoms with Crippen LogP contribution in [0.3, 0.4) is 0 Å². The molecule has 0 aliphatic heterocycles. The number of hydrogen-bond acceptors (Lipinski definition) is 4. The lowest BCUT2D eigenvalue weighted by Crippen LogP contribution is -2.30. The normalized spacial score (nSPS) is 12.0. The van der Waals surface area contributed by atoms with Gasteiger partial charge in [-0.15, -0.1) is 0 Å². The average Bonchev–Trinajstić information content (AvgIpc) is 3.08. The summed E-state index contributed by atoms with van der Waals surface area (Å²) in [4.78, 5) is 17.4. The number of halogens is 1. The van der Waals surface area contributed by atoms with E-state index in [0.717, 1.165) is 27.9 Å². The van der Waals surface area contributed by atoms with Gasteiger partial charge in [0.1, 0.15) is 0 Å². The second-order valence-corrected chi connectivity index (χ2v) is 7.88. The van der Waals surface area contributed by atoms with Crippen molar-refractivity contribution in [2.45, 2.75) is 33.8 Å². The Morgan fingerprint density at radius 3 is 2.58 bits per heavy atom. The van der Waals surface area contributed by atoms with Crippen molar-refractivity contribution in [2.75, 3.05) is 5.32 Å². The second-order valence-electron chi connectivity index (χ2n) is 7.47. The van der Waals surface area contributed by atoms with Crippen LogP contribution in [0.2, 0.25) is 5.02 Å². The smallest absolute Gasteiger partial charge is 0.265 e. The van der Waals surface area contributed by atoms with Crippen LogP contribution in [0.1, 0.15) is 23.7 Å². The number of pyridine rings is 1. The fourth-order valence-electron chi connectivity index (χ4n) is 3.50. The zero-order chi connectivity index (χ0) is 22.1. The van der Waals surface area contributed by atoms with Gasteiger partial charge in [-0.2, -0.15) is 10.1 Å². The van der Waals surface area contributed by atoms with E-state index in [-0.39, 0.29) is 5.91 Å². The summed E-state index contributed by atoms with van der Waals surface area (Å²) in [5, 5.41) is 9.10. The number of benzene rings is 2. The van der Waals surface area contributed by atoms with Crippen LogP contribution < -0.4 is 10.1 Å². The number of nitrogens with zero attached hydrogens (tertiary/aromatic N) is 3. The van der Waals surface area contributed by atoms with Gasteiger partial charge in [0.15, 0.2) is 11.8 Å². The fraction of sp³-hybridized carbons (Fsp3) is 0.208. The highest BCUT2D eigenvalue weighted by molar-refractivity contribution is 6.31. The molecule has 2 aromatic heterocycles. The number of hydrogen-bond donors (Lipinski definition) is 1. The number of amides is 1. The lowest BCUT2D eigenvalue weighted by molar-refractivity contribution is -0.122. The molecule has 1 N–H and O–H groups in total. The van der Waals surface area contributed by atoms with Gasteiger partial charge in [0.05, 0.1) is 11.4 Å². The van der Waals surface area contributed by atoms with Crippen LogP contribution in [0.5, 0.6) is 5.88 Å². The third kappa shape index (κ3) is 4.11. The molecule has 7 heteroatoms. The van der Waals surface area contributed by atoms with Crippen LogP contribution in [0.4, 0.5) is 5.69 Å². The Morgan fingerprint density at radius 2 is 1.84 bits per heavy atom. The zero-order valence-corrected chi connectivity index (χ0v) is 18.6. The summed E-state index contributed by atoms with van der Waals surface area (Å²) in [6.45, 7) is 7.49. The van der Waals surface area contributed by atoms with Gasteiger partial charge in [0.25, 0.3) is 5.91 Å². The lowest BCUT2D eigenvalue weighted by Gasteiger charge is -2.16. The molecule has 0 radical (unpaired) electrons. The molecule has 0 fully saturated rings. The van der Waals surface area contributed by atoms with Crippen molar-refractivity contribution in [3.05, 3.63) is 76.4 Å². The first-order valence-corrected chi connectivity index (χ1v) is 10.4. The maximum atomic E-state index is 12.7. The maximum absolute atomic E-state index is 12.7. The summed E-state index contributed by atoms with van der Waals surface area (Å²) in [6, 6.07) is 17.0. The molecule has 0 aliphatic rings. The van der Waals surface area contributed by atoms with Crippen LogP contribution in [0.25, 0.3) is 16.7 Å². The number of carbonyl (C=O) groups excluding carboxylic acids is 1. The predicted octanol–water partition coefficient (Wildman–Crippen LogP) is 5.41. The van der Waals surface area contributed by atoms with Crippen molar-refractivity contribution in [2.24, 2.45) is 0 Å². The molecule has 1 amide bonds. The minimum Gasteiger partial charge on any atom is -0.464 e. The first kappa shape index (κ1) is 20.9. The zero-order valence-electron chi connectivity index (χ0n) is 17.8. The molecule has 2 heterocycles. The molecular weight excluding hydrogens is 412 g/mol. The van der Waals surface area contributed by atoms with E-state index in [4.69, 9.17) is 16.3 Å². The highest BCUT2D eigenvalue weighted by atomic mass is 35.5. The summed E-state index contributed by atoms with van der Waals surface area (Å²) in [6.07, 6.45) is -0.753. The molecule has 2 aromatic carbocycles. The summed E-state index contributed by atoms with van der Waals surface area (Å²) in [5.74, 6) is 0.0882. The third-order valence-corrected chi connectivity index (χ3v) is 5.59. The highest BCUT2D eigenvalue weighted by Crippen LogP contribution is 2.27. The number of anilines is 1. The first-order chi connectivity index (χ1) is 14.8. The van der Waals surface area contributed by atoms with Gasteiger partial charge in [0, 0.05) is 22.2 Å². The van der Waals surface area contributed by atoms with Gasteiger partial charge >= 0.3 is 0 Å². The molecule has 0 bridgehead atoms. The molecule has 1 unspecified atom stereocenters. The van der Waals surface area contributed by atoms with Crippen LogP contribution >= 0.6 is 11.6 Å². The van der Waals surface area contributed by atoms with E-state index < -0.39 is 6.10 Å². The van der Waals surface area contributed by atoms with Gasteiger partial charge in [-0.05, 0) is 63.1 Å². The molecule has 0 aliphatic carbocycles. The number of ether oxygens (including phenoxy) is 1. The van der Waals surface area contributed by atoms with Gasteiger partial charge in [0.2, 0.25) is 5.88 Å². The minimum absolute atomic E-state index is 0.280.